The Hall–Kier alpha value is -1.06. The summed E-state index contributed by atoms with van der Waals surface area (Å²) in [6, 6.07) is -0.547. The van der Waals surface area contributed by atoms with Crippen LogP contribution in [0.5, 0.6) is 0 Å². The Balaban J connectivity index is 3.12. The van der Waals surface area contributed by atoms with E-state index in [-0.39, 0.29) is 29.3 Å². The number of carbonyl (C=O) groups is 2. The highest BCUT2D eigenvalue weighted by Crippen LogP contribution is 2.29. The number of carbonyl (C=O) groups excluding carboxylic acids is 2. The van der Waals surface area contributed by atoms with Gasteiger partial charge in [0.2, 0.25) is 11.8 Å². The second-order valence-corrected chi connectivity index (χ2v) is 6.83. The molecule has 1 fully saturated rings. The lowest BCUT2D eigenvalue weighted by Crippen LogP contribution is -2.68. The van der Waals surface area contributed by atoms with E-state index in [9.17, 15) is 9.59 Å². The molecule has 3 atom stereocenters. The van der Waals surface area contributed by atoms with E-state index >= 15 is 0 Å². The van der Waals surface area contributed by atoms with E-state index in [1.165, 1.54) is 0 Å². The van der Waals surface area contributed by atoms with Gasteiger partial charge in [0.25, 0.3) is 0 Å². The molecule has 1 aliphatic rings. The van der Waals surface area contributed by atoms with Gasteiger partial charge in [-0.1, -0.05) is 48.0 Å². The summed E-state index contributed by atoms with van der Waals surface area (Å²) in [7, 11) is 0. The van der Waals surface area contributed by atoms with Gasteiger partial charge >= 0.3 is 0 Å². The Morgan fingerprint density at radius 1 is 1.20 bits per heavy atom. The van der Waals surface area contributed by atoms with Gasteiger partial charge in [-0.15, -0.1) is 0 Å². The predicted octanol–water partition coefficient (Wildman–Crippen LogP) is 2.72. The van der Waals surface area contributed by atoms with Crippen molar-refractivity contribution in [1.29, 1.82) is 0 Å². The van der Waals surface area contributed by atoms with Gasteiger partial charge in [-0.25, -0.2) is 0 Å². The van der Waals surface area contributed by atoms with E-state index in [1.54, 1.807) is 0 Å². The van der Waals surface area contributed by atoms with Crippen molar-refractivity contribution in [3.63, 3.8) is 0 Å². The molecular formula is C16H30N2O2. The zero-order valence-corrected chi connectivity index (χ0v) is 13.8. The monoisotopic (exact) mass is 282 g/mol. The molecule has 116 valence electrons. The van der Waals surface area contributed by atoms with Crippen molar-refractivity contribution in [2.75, 3.05) is 0 Å². The quantitative estimate of drug-likeness (QED) is 0.843. The Labute approximate surface area is 123 Å². The van der Waals surface area contributed by atoms with Gasteiger partial charge in [-0.05, 0) is 24.7 Å². The zero-order chi connectivity index (χ0) is 15.5. The summed E-state index contributed by atoms with van der Waals surface area (Å²) in [5, 5.41) is 2.93. The molecule has 0 spiro atoms. The molecule has 0 aliphatic carbocycles. The largest absolute Gasteiger partial charge is 0.342 e. The summed E-state index contributed by atoms with van der Waals surface area (Å²) in [5.41, 5.74) is -0.256. The number of nitrogens with one attached hydrogen (secondary N) is 1. The molecule has 20 heavy (non-hydrogen) atoms. The van der Waals surface area contributed by atoms with Crippen LogP contribution in [0.2, 0.25) is 0 Å². The van der Waals surface area contributed by atoms with Gasteiger partial charge in [0.15, 0.2) is 0 Å². The smallest absolute Gasteiger partial charge is 0.246 e. The average molecular weight is 282 g/mol. The summed E-state index contributed by atoms with van der Waals surface area (Å²) in [5.74, 6) is 0.0887. The molecule has 2 amide bonds. The van der Waals surface area contributed by atoms with Crippen LogP contribution in [0.1, 0.15) is 67.2 Å². The summed E-state index contributed by atoms with van der Waals surface area (Å²) < 4.78 is 0. The van der Waals surface area contributed by atoms with Crippen LogP contribution in [-0.2, 0) is 9.59 Å². The second kappa shape index (κ2) is 6.59. The minimum Gasteiger partial charge on any atom is -0.342 e. The number of rotatable bonds is 5. The van der Waals surface area contributed by atoms with Gasteiger partial charge in [-0.2, -0.15) is 0 Å². The van der Waals surface area contributed by atoms with E-state index in [2.05, 4.69) is 19.2 Å². The fourth-order valence-electron chi connectivity index (χ4n) is 3.01. The molecule has 0 aromatic heterocycles. The maximum Gasteiger partial charge on any atom is 0.246 e. The van der Waals surface area contributed by atoms with Crippen LogP contribution in [0.4, 0.5) is 0 Å². The van der Waals surface area contributed by atoms with Crippen LogP contribution < -0.4 is 5.32 Å². The minimum absolute atomic E-state index is 0.00146. The van der Waals surface area contributed by atoms with Crippen molar-refractivity contribution in [3.8, 4) is 0 Å². The standard InChI is InChI=1S/C16H30N2O2/c1-7-10-11(8-2)18-12(9-3)14(19)17-13(15(18)20)16(4,5)6/h11-13H,7-10H2,1-6H3,(H,17,19). The molecule has 4 heteroatoms. The lowest BCUT2D eigenvalue weighted by Gasteiger charge is -2.46. The molecule has 1 N–H and O–H groups in total. The summed E-state index contributed by atoms with van der Waals surface area (Å²) in [4.78, 5) is 27.1. The minimum atomic E-state index is -0.413. The first-order valence-corrected chi connectivity index (χ1v) is 7.90. The summed E-state index contributed by atoms with van der Waals surface area (Å²) in [6.45, 7) is 12.2. The van der Waals surface area contributed by atoms with Crippen LogP contribution in [0.25, 0.3) is 0 Å². The third kappa shape index (κ3) is 3.33. The first-order chi connectivity index (χ1) is 9.27. The maximum atomic E-state index is 12.9. The Kier molecular flexibility index (Phi) is 5.60. The van der Waals surface area contributed by atoms with Crippen LogP contribution in [0.3, 0.4) is 0 Å². The van der Waals surface area contributed by atoms with Crippen molar-refractivity contribution in [2.24, 2.45) is 5.41 Å². The van der Waals surface area contributed by atoms with Gasteiger partial charge in [0, 0.05) is 6.04 Å². The van der Waals surface area contributed by atoms with Crippen LogP contribution >= 0.6 is 0 Å². The van der Waals surface area contributed by atoms with E-state index in [4.69, 9.17) is 0 Å². The van der Waals surface area contributed by atoms with Crippen LogP contribution in [-0.4, -0.2) is 34.8 Å². The van der Waals surface area contributed by atoms with E-state index < -0.39 is 6.04 Å². The number of piperazine rings is 1. The van der Waals surface area contributed by atoms with E-state index in [0.717, 1.165) is 19.3 Å². The van der Waals surface area contributed by atoms with Gasteiger partial charge in [-0.3, -0.25) is 9.59 Å². The Morgan fingerprint density at radius 2 is 1.80 bits per heavy atom. The molecule has 0 saturated carbocycles. The third-order valence-electron chi connectivity index (χ3n) is 4.17. The number of hydrogen-bond acceptors (Lipinski definition) is 2. The lowest BCUT2D eigenvalue weighted by molar-refractivity contribution is -0.155. The van der Waals surface area contributed by atoms with E-state index in [0.29, 0.717) is 6.42 Å². The van der Waals surface area contributed by atoms with Gasteiger partial charge < -0.3 is 10.2 Å². The Morgan fingerprint density at radius 3 is 2.20 bits per heavy atom. The average Bonchev–Trinajstić information content (AvgIpc) is 2.37. The summed E-state index contributed by atoms with van der Waals surface area (Å²) in [6.07, 6.45) is 3.57. The molecule has 1 rings (SSSR count). The number of amides is 2. The topological polar surface area (TPSA) is 49.4 Å². The summed E-state index contributed by atoms with van der Waals surface area (Å²) >= 11 is 0. The van der Waals surface area contributed by atoms with Crippen molar-refractivity contribution in [1.82, 2.24) is 10.2 Å². The van der Waals surface area contributed by atoms with Crippen molar-refractivity contribution in [3.05, 3.63) is 0 Å². The van der Waals surface area contributed by atoms with Crippen LogP contribution in [0.15, 0.2) is 0 Å². The molecule has 4 nitrogen and oxygen atoms in total. The molecule has 1 aliphatic heterocycles. The highest BCUT2D eigenvalue weighted by Gasteiger charge is 2.46. The molecular weight excluding hydrogens is 252 g/mol. The van der Waals surface area contributed by atoms with Gasteiger partial charge in [0.1, 0.15) is 12.1 Å². The number of hydrogen-bond donors (Lipinski definition) is 1. The molecule has 1 heterocycles. The molecule has 0 aromatic rings. The Bertz CT molecular complexity index is 360. The fourth-order valence-corrected chi connectivity index (χ4v) is 3.01. The first-order valence-electron chi connectivity index (χ1n) is 7.90. The molecule has 3 unspecified atom stereocenters. The number of nitrogens with zero attached hydrogens (tertiary/aromatic N) is 1. The second-order valence-electron chi connectivity index (χ2n) is 6.83. The van der Waals surface area contributed by atoms with E-state index in [1.807, 2.05) is 32.6 Å². The predicted molar refractivity (Wildman–Crippen MR) is 81.3 cm³/mol. The molecule has 1 saturated heterocycles. The fraction of sp³-hybridized carbons (Fsp3) is 0.875. The van der Waals surface area contributed by atoms with Gasteiger partial charge in [0.05, 0.1) is 0 Å². The first kappa shape index (κ1) is 17.0. The van der Waals surface area contributed by atoms with Crippen molar-refractivity contribution >= 4 is 11.8 Å². The SMILES string of the molecule is CCCC(CC)N1C(=O)C(C(C)(C)C)NC(=O)C1CC. The van der Waals surface area contributed by atoms with Crippen molar-refractivity contribution < 1.29 is 9.59 Å². The highest BCUT2D eigenvalue weighted by atomic mass is 16.2. The zero-order valence-electron chi connectivity index (χ0n) is 13.8. The van der Waals surface area contributed by atoms with Crippen LogP contribution in [0, 0.1) is 5.41 Å². The lowest BCUT2D eigenvalue weighted by atomic mass is 9.83. The third-order valence-corrected chi connectivity index (χ3v) is 4.17. The molecule has 0 radical (unpaired) electrons. The highest BCUT2D eigenvalue weighted by molar-refractivity contribution is 5.97. The normalized spacial score (nSPS) is 25.6. The molecule has 0 bridgehead atoms. The molecule has 0 aromatic carbocycles. The maximum absolute atomic E-state index is 12.9. The van der Waals surface area contributed by atoms with Crippen molar-refractivity contribution in [2.45, 2.75) is 85.4 Å².